The summed E-state index contributed by atoms with van der Waals surface area (Å²) in [5, 5.41) is 2.96. The Kier molecular flexibility index (Phi) is 6.82. The summed E-state index contributed by atoms with van der Waals surface area (Å²) >= 11 is 5.81. The van der Waals surface area contributed by atoms with Crippen molar-refractivity contribution in [2.24, 2.45) is 0 Å². The molecule has 0 atom stereocenters. The molecule has 3 aromatic rings. The Hall–Kier alpha value is -2.94. The van der Waals surface area contributed by atoms with E-state index in [0.29, 0.717) is 16.7 Å². The molecule has 0 radical (unpaired) electrons. The first kappa shape index (κ1) is 20.8. The first-order chi connectivity index (χ1) is 13.9. The SMILES string of the molecule is O=C(CNS(=O)(=O)c1cccc(Cl)c1)NCc1cccc(Oc2ccccn2)c1. The minimum Gasteiger partial charge on any atom is -0.439 e. The number of sulfonamides is 1. The molecule has 0 aliphatic rings. The number of aromatic nitrogens is 1. The van der Waals surface area contributed by atoms with Crippen LogP contribution in [0, 0.1) is 0 Å². The van der Waals surface area contributed by atoms with Crippen LogP contribution in [0.2, 0.25) is 5.02 Å². The van der Waals surface area contributed by atoms with Gasteiger partial charge in [-0.1, -0.05) is 35.9 Å². The van der Waals surface area contributed by atoms with Crippen LogP contribution in [0.1, 0.15) is 5.56 Å². The standard InChI is InChI=1S/C20H18ClN3O4S/c21-16-6-4-8-18(12-16)29(26,27)24-14-19(25)23-13-15-5-3-7-17(11-15)28-20-9-1-2-10-22-20/h1-12,24H,13-14H2,(H,23,25). The summed E-state index contributed by atoms with van der Waals surface area (Å²) in [6.07, 6.45) is 1.63. The Morgan fingerprint density at radius 3 is 2.62 bits per heavy atom. The molecule has 0 saturated carbocycles. The molecular weight excluding hydrogens is 414 g/mol. The van der Waals surface area contributed by atoms with Gasteiger partial charge in [0, 0.05) is 23.8 Å². The van der Waals surface area contributed by atoms with Crippen molar-refractivity contribution in [3.63, 3.8) is 0 Å². The van der Waals surface area contributed by atoms with Gasteiger partial charge in [-0.3, -0.25) is 4.79 Å². The number of nitrogens with zero attached hydrogens (tertiary/aromatic N) is 1. The number of benzene rings is 2. The van der Waals surface area contributed by atoms with Crippen molar-refractivity contribution in [3.05, 3.63) is 83.5 Å². The van der Waals surface area contributed by atoms with Gasteiger partial charge < -0.3 is 10.1 Å². The molecule has 0 saturated heterocycles. The van der Waals surface area contributed by atoms with Crippen LogP contribution in [0.25, 0.3) is 0 Å². The first-order valence-corrected chi connectivity index (χ1v) is 10.5. The Bertz CT molecular complexity index is 1090. The van der Waals surface area contributed by atoms with E-state index in [1.54, 1.807) is 42.6 Å². The summed E-state index contributed by atoms with van der Waals surface area (Å²) in [5.41, 5.74) is 0.796. The highest BCUT2D eigenvalue weighted by atomic mass is 35.5. The Balaban J connectivity index is 1.52. The van der Waals surface area contributed by atoms with Crippen LogP contribution in [-0.2, 0) is 21.4 Å². The fourth-order valence-corrected chi connectivity index (χ4v) is 3.67. The molecule has 7 nitrogen and oxygen atoms in total. The molecule has 3 rings (SSSR count). The van der Waals surface area contributed by atoms with Crippen LogP contribution < -0.4 is 14.8 Å². The fraction of sp³-hybridized carbons (Fsp3) is 0.100. The molecule has 0 spiro atoms. The average molecular weight is 432 g/mol. The second-order valence-electron chi connectivity index (χ2n) is 5.98. The quantitative estimate of drug-likeness (QED) is 0.571. The minimum atomic E-state index is -3.82. The van der Waals surface area contributed by atoms with E-state index in [4.69, 9.17) is 16.3 Å². The van der Waals surface area contributed by atoms with Gasteiger partial charge in [-0.2, -0.15) is 0 Å². The number of ether oxygens (including phenoxy) is 1. The maximum atomic E-state index is 12.2. The number of rotatable bonds is 8. The highest BCUT2D eigenvalue weighted by Gasteiger charge is 2.15. The highest BCUT2D eigenvalue weighted by molar-refractivity contribution is 7.89. The third-order valence-electron chi connectivity index (χ3n) is 3.78. The maximum Gasteiger partial charge on any atom is 0.241 e. The molecule has 0 unspecified atom stereocenters. The second-order valence-corrected chi connectivity index (χ2v) is 8.18. The van der Waals surface area contributed by atoms with Crippen molar-refractivity contribution in [2.75, 3.05) is 6.54 Å². The summed E-state index contributed by atoms with van der Waals surface area (Å²) < 4.78 is 32.3. The molecule has 0 aliphatic heterocycles. The van der Waals surface area contributed by atoms with Gasteiger partial charge in [-0.05, 0) is 42.0 Å². The molecule has 150 valence electrons. The molecule has 29 heavy (non-hydrogen) atoms. The first-order valence-electron chi connectivity index (χ1n) is 8.62. The van der Waals surface area contributed by atoms with E-state index in [9.17, 15) is 13.2 Å². The number of pyridine rings is 1. The van der Waals surface area contributed by atoms with E-state index < -0.39 is 15.9 Å². The molecule has 1 aromatic heterocycles. The Morgan fingerprint density at radius 1 is 1.03 bits per heavy atom. The predicted octanol–water partition coefficient (Wildman–Crippen LogP) is 3.12. The maximum absolute atomic E-state index is 12.2. The number of carbonyl (C=O) groups is 1. The normalized spacial score (nSPS) is 11.1. The van der Waals surface area contributed by atoms with E-state index >= 15 is 0 Å². The molecular formula is C20H18ClN3O4S. The van der Waals surface area contributed by atoms with Crippen LogP contribution >= 0.6 is 11.6 Å². The van der Waals surface area contributed by atoms with Gasteiger partial charge in [0.25, 0.3) is 0 Å². The zero-order chi connectivity index (χ0) is 20.7. The zero-order valence-corrected chi connectivity index (χ0v) is 16.8. The molecule has 1 heterocycles. The third-order valence-corrected chi connectivity index (χ3v) is 5.41. The van der Waals surface area contributed by atoms with Crippen molar-refractivity contribution < 1.29 is 17.9 Å². The van der Waals surface area contributed by atoms with Crippen LogP contribution in [0.4, 0.5) is 0 Å². The van der Waals surface area contributed by atoms with Gasteiger partial charge in [0.05, 0.1) is 11.4 Å². The van der Waals surface area contributed by atoms with Crippen LogP contribution in [0.15, 0.2) is 77.8 Å². The van der Waals surface area contributed by atoms with Crippen molar-refractivity contribution in [3.8, 4) is 11.6 Å². The molecule has 0 bridgehead atoms. The number of nitrogens with one attached hydrogen (secondary N) is 2. The van der Waals surface area contributed by atoms with Crippen LogP contribution in [0.5, 0.6) is 11.6 Å². The van der Waals surface area contributed by atoms with Gasteiger partial charge >= 0.3 is 0 Å². The summed E-state index contributed by atoms with van der Waals surface area (Å²) in [5.74, 6) is 0.577. The highest BCUT2D eigenvalue weighted by Crippen LogP contribution is 2.20. The van der Waals surface area contributed by atoms with Crippen LogP contribution in [0.3, 0.4) is 0 Å². The molecule has 2 N–H and O–H groups in total. The van der Waals surface area contributed by atoms with E-state index in [1.807, 2.05) is 12.1 Å². The molecule has 0 fully saturated rings. The summed E-state index contributed by atoms with van der Waals surface area (Å²) in [7, 11) is -3.82. The second kappa shape index (κ2) is 9.51. The predicted molar refractivity (Wildman–Crippen MR) is 109 cm³/mol. The van der Waals surface area contributed by atoms with Gasteiger partial charge in [-0.25, -0.2) is 18.1 Å². The minimum absolute atomic E-state index is 0.00262. The lowest BCUT2D eigenvalue weighted by molar-refractivity contribution is -0.120. The Morgan fingerprint density at radius 2 is 1.86 bits per heavy atom. The van der Waals surface area contributed by atoms with Crippen LogP contribution in [-0.4, -0.2) is 25.9 Å². The van der Waals surface area contributed by atoms with E-state index in [1.165, 1.54) is 18.2 Å². The lowest BCUT2D eigenvalue weighted by Gasteiger charge is -2.09. The molecule has 9 heteroatoms. The number of halogens is 1. The molecule has 2 aromatic carbocycles. The van der Waals surface area contributed by atoms with E-state index in [0.717, 1.165) is 5.56 Å². The summed E-state index contributed by atoms with van der Waals surface area (Å²) in [6, 6.07) is 18.3. The molecule has 0 aliphatic carbocycles. The summed E-state index contributed by atoms with van der Waals surface area (Å²) in [4.78, 5) is 16.1. The molecule has 1 amide bonds. The number of hydrogen-bond donors (Lipinski definition) is 2. The van der Waals surface area contributed by atoms with E-state index in [2.05, 4.69) is 15.0 Å². The fourth-order valence-electron chi connectivity index (χ4n) is 2.39. The van der Waals surface area contributed by atoms with Crippen molar-refractivity contribution in [1.29, 1.82) is 0 Å². The van der Waals surface area contributed by atoms with Gasteiger partial charge in [0.15, 0.2) is 0 Å². The number of hydrogen-bond acceptors (Lipinski definition) is 5. The van der Waals surface area contributed by atoms with Crippen molar-refractivity contribution >= 4 is 27.5 Å². The lowest BCUT2D eigenvalue weighted by Crippen LogP contribution is -2.36. The van der Waals surface area contributed by atoms with Gasteiger partial charge in [0.2, 0.25) is 21.8 Å². The third kappa shape index (κ3) is 6.28. The monoisotopic (exact) mass is 431 g/mol. The number of amides is 1. The zero-order valence-electron chi connectivity index (χ0n) is 15.2. The largest absolute Gasteiger partial charge is 0.439 e. The lowest BCUT2D eigenvalue weighted by atomic mass is 10.2. The average Bonchev–Trinajstić information content (AvgIpc) is 2.72. The van der Waals surface area contributed by atoms with Crippen molar-refractivity contribution in [1.82, 2.24) is 15.0 Å². The van der Waals surface area contributed by atoms with Crippen molar-refractivity contribution in [2.45, 2.75) is 11.4 Å². The smallest absolute Gasteiger partial charge is 0.241 e. The number of carbonyl (C=O) groups excluding carboxylic acids is 1. The Labute approximate surface area is 173 Å². The summed E-state index contributed by atoms with van der Waals surface area (Å²) in [6.45, 7) is -0.171. The van der Waals surface area contributed by atoms with E-state index in [-0.39, 0.29) is 18.0 Å². The topological polar surface area (TPSA) is 97.4 Å². The van der Waals surface area contributed by atoms with Gasteiger partial charge in [0.1, 0.15) is 5.75 Å². The van der Waals surface area contributed by atoms with Gasteiger partial charge in [-0.15, -0.1) is 0 Å².